The van der Waals surface area contributed by atoms with E-state index in [1.165, 1.54) is 12.3 Å². The van der Waals surface area contributed by atoms with Crippen LogP contribution in [0.5, 0.6) is 5.88 Å². The third-order valence-electron chi connectivity index (χ3n) is 6.32. The van der Waals surface area contributed by atoms with Crippen molar-refractivity contribution in [1.82, 2.24) is 25.4 Å². The number of halogens is 4. The second-order valence-corrected chi connectivity index (χ2v) is 9.86. The SMILES string of the molecule is CN(C)C/C(C=O)=C/CNCCOc1ccc(/C(=C(/CC(F)(F)F)c2ccccc2)c2ccc3[nH]nc(F)c3c2)cn1. The van der Waals surface area contributed by atoms with Crippen molar-refractivity contribution in [2.45, 2.75) is 12.6 Å². The number of alkyl halides is 3. The molecule has 0 aliphatic heterocycles. The van der Waals surface area contributed by atoms with Crippen molar-refractivity contribution in [2.75, 3.05) is 40.3 Å². The molecule has 0 aliphatic carbocycles. The van der Waals surface area contributed by atoms with Gasteiger partial charge in [-0.15, -0.1) is 5.10 Å². The zero-order chi connectivity index (χ0) is 30.1. The van der Waals surface area contributed by atoms with Crippen LogP contribution >= 0.6 is 0 Å². The minimum Gasteiger partial charge on any atom is -0.476 e. The molecular weight excluding hydrogens is 550 g/mol. The van der Waals surface area contributed by atoms with E-state index in [1.54, 1.807) is 54.6 Å². The number of aromatic amines is 1. The molecule has 0 atom stereocenters. The lowest BCUT2D eigenvalue weighted by molar-refractivity contribution is -0.122. The number of ether oxygens (including phenoxy) is 1. The molecule has 2 aromatic carbocycles. The van der Waals surface area contributed by atoms with Gasteiger partial charge in [0.1, 0.15) is 12.9 Å². The third-order valence-corrected chi connectivity index (χ3v) is 6.32. The summed E-state index contributed by atoms with van der Waals surface area (Å²) in [6.45, 7) is 1.81. The normalized spacial score (nSPS) is 13.0. The standard InChI is InChI=1S/C31H31F4N5O2/c1-40(2)19-21(20-41)12-13-36-14-15-42-28-11-9-24(18-37-28)29(23-8-10-27-25(16-23)30(32)39-38-27)26(17-31(33,34)35)22-6-4-3-5-7-22/h3-12,16,18,20,36H,13-15,17,19H2,1-2H3,(H,38,39)/b21-12-,29-26-. The highest BCUT2D eigenvalue weighted by atomic mass is 19.4. The van der Waals surface area contributed by atoms with Gasteiger partial charge in [-0.25, -0.2) is 4.98 Å². The first kappa shape index (κ1) is 30.6. The molecule has 0 radical (unpaired) electrons. The van der Waals surface area contributed by atoms with Gasteiger partial charge in [-0.3, -0.25) is 9.89 Å². The maximum atomic E-state index is 14.4. The van der Waals surface area contributed by atoms with Crippen molar-refractivity contribution in [3.63, 3.8) is 0 Å². The van der Waals surface area contributed by atoms with Gasteiger partial charge in [0.2, 0.25) is 11.8 Å². The average Bonchev–Trinajstić information content (AvgIpc) is 3.34. The fourth-order valence-corrected chi connectivity index (χ4v) is 4.49. The molecule has 0 amide bonds. The lowest BCUT2D eigenvalue weighted by Gasteiger charge is -2.19. The van der Waals surface area contributed by atoms with Gasteiger partial charge in [-0.05, 0) is 54.6 Å². The third kappa shape index (κ3) is 8.34. The fourth-order valence-electron chi connectivity index (χ4n) is 4.49. The highest BCUT2D eigenvalue weighted by molar-refractivity contribution is 6.00. The molecular formula is C31H31F4N5O2. The number of nitrogens with one attached hydrogen (secondary N) is 2. The summed E-state index contributed by atoms with van der Waals surface area (Å²) < 4.78 is 61.7. The summed E-state index contributed by atoms with van der Waals surface area (Å²) in [5.74, 6) is -0.445. The Morgan fingerprint density at radius 3 is 2.48 bits per heavy atom. The van der Waals surface area contributed by atoms with E-state index in [0.717, 1.165) is 6.29 Å². The van der Waals surface area contributed by atoms with Crippen LogP contribution in [0, 0.1) is 5.95 Å². The van der Waals surface area contributed by atoms with Gasteiger partial charge < -0.3 is 15.0 Å². The van der Waals surface area contributed by atoms with Crippen molar-refractivity contribution < 1.29 is 27.1 Å². The first-order valence-electron chi connectivity index (χ1n) is 13.2. The second-order valence-electron chi connectivity index (χ2n) is 9.86. The topological polar surface area (TPSA) is 83.1 Å². The van der Waals surface area contributed by atoms with Crippen LogP contribution in [0.4, 0.5) is 17.6 Å². The summed E-state index contributed by atoms with van der Waals surface area (Å²) in [6.07, 6.45) is -1.61. The van der Waals surface area contributed by atoms with Crippen molar-refractivity contribution in [2.24, 2.45) is 0 Å². The Bertz CT molecular complexity index is 1550. The van der Waals surface area contributed by atoms with E-state index in [2.05, 4.69) is 20.5 Å². The number of hydrogen-bond donors (Lipinski definition) is 2. The minimum atomic E-state index is -4.50. The Morgan fingerprint density at radius 2 is 1.81 bits per heavy atom. The van der Waals surface area contributed by atoms with Crippen LogP contribution in [0.1, 0.15) is 23.1 Å². The van der Waals surface area contributed by atoms with Crippen LogP contribution in [-0.2, 0) is 4.79 Å². The molecule has 4 rings (SSSR count). The van der Waals surface area contributed by atoms with Gasteiger partial charge in [0, 0.05) is 43.0 Å². The lowest BCUT2D eigenvalue weighted by atomic mass is 9.88. The van der Waals surface area contributed by atoms with Gasteiger partial charge in [-0.1, -0.05) is 42.5 Å². The largest absolute Gasteiger partial charge is 0.476 e. The Kier molecular flexibility index (Phi) is 10.2. The number of likely N-dealkylation sites (N-methyl/N-ethyl adjacent to an activating group) is 1. The molecule has 0 unspecified atom stereocenters. The number of nitrogens with zero attached hydrogens (tertiary/aromatic N) is 3. The summed E-state index contributed by atoms with van der Waals surface area (Å²) in [6, 6.07) is 16.2. The second kappa shape index (κ2) is 14.0. The van der Waals surface area contributed by atoms with Gasteiger partial charge >= 0.3 is 6.18 Å². The molecule has 2 aromatic heterocycles. The van der Waals surface area contributed by atoms with Crippen LogP contribution in [0.2, 0.25) is 0 Å². The lowest BCUT2D eigenvalue weighted by Crippen LogP contribution is -2.22. The minimum absolute atomic E-state index is 0.0306. The molecule has 0 bridgehead atoms. The molecule has 4 aromatic rings. The average molecular weight is 582 g/mol. The van der Waals surface area contributed by atoms with E-state index in [-0.39, 0.29) is 23.1 Å². The fraction of sp³-hybridized carbons (Fsp3) is 0.258. The number of hydrogen-bond acceptors (Lipinski definition) is 6. The summed E-state index contributed by atoms with van der Waals surface area (Å²) in [4.78, 5) is 17.4. The number of aromatic nitrogens is 3. The molecule has 11 heteroatoms. The molecule has 0 fully saturated rings. The highest BCUT2D eigenvalue weighted by Crippen LogP contribution is 2.40. The van der Waals surface area contributed by atoms with Crippen LogP contribution < -0.4 is 10.1 Å². The Labute approximate surface area is 240 Å². The van der Waals surface area contributed by atoms with Crippen LogP contribution in [0.15, 0.2) is 78.5 Å². The maximum absolute atomic E-state index is 14.4. The molecule has 2 heterocycles. The Hall–Kier alpha value is -4.35. The van der Waals surface area contributed by atoms with Crippen molar-refractivity contribution >= 4 is 28.3 Å². The maximum Gasteiger partial charge on any atom is 0.393 e. The molecule has 0 saturated carbocycles. The quantitative estimate of drug-likeness (QED) is 0.0697. The van der Waals surface area contributed by atoms with Gasteiger partial charge in [0.25, 0.3) is 0 Å². The van der Waals surface area contributed by atoms with Crippen molar-refractivity contribution in [3.8, 4) is 5.88 Å². The van der Waals surface area contributed by atoms with Crippen molar-refractivity contribution in [3.05, 3.63) is 101 Å². The molecule has 0 saturated heterocycles. The van der Waals surface area contributed by atoms with Crippen LogP contribution in [0.3, 0.4) is 0 Å². The Morgan fingerprint density at radius 1 is 1.05 bits per heavy atom. The first-order valence-corrected chi connectivity index (χ1v) is 13.2. The highest BCUT2D eigenvalue weighted by Gasteiger charge is 2.31. The summed E-state index contributed by atoms with van der Waals surface area (Å²) in [5, 5.41) is 9.47. The number of aldehydes is 1. The smallest absolute Gasteiger partial charge is 0.393 e. The van der Waals surface area contributed by atoms with E-state index in [1.807, 2.05) is 25.1 Å². The summed E-state index contributed by atoms with van der Waals surface area (Å²) in [7, 11) is 3.76. The molecule has 220 valence electrons. The number of fused-ring (bicyclic) bond motifs is 1. The van der Waals surface area contributed by atoms with E-state index >= 15 is 0 Å². The summed E-state index contributed by atoms with van der Waals surface area (Å²) >= 11 is 0. The molecule has 2 N–H and O–H groups in total. The van der Waals surface area contributed by atoms with Gasteiger partial charge in [0.05, 0.1) is 17.3 Å². The van der Waals surface area contributed by atoms with E-state index in [4.69, 9.17) is 4.74 Å². The van der Waals surface area contributed by atoms with Gasteiger partial charge in [-0.2, -0.15) is 17.6 Å². The number of allylic oxidation sites excluding steroid dienone is 1. The number of carbonyl (C=O) groups excluding carboxylic acids is 1. The molecule has 0 aliphatic rings. The van der Waals surface area contributed by atoms with E-state index in [9.17, 15) is 22.4 Å². The zero-order valence-corrected chi connectivity index (χ0v) is 23.2. The monoisotopic (exact) mass is 581 g/mol. The number of H-pyrrole nitrogens is 1. The summed E-state index contributed by atoms with van der Waals surface area (Å²) in [5.41, 5.74) is 2.60. The van der Waals surface area contributed by atoms with Crippen LogP contribution in [0.25, 0.3) is 22.0 Å². The Balaban J connectivity index is 1.60. The predicted molar refractivity (Wildman–Crippen MR) is 154 cm³/mol. The van der Waals surface area contributed by atoms with Gasteiger partial charge in [0.15, 0.2) is 0 Å². The first-order chi connectivity index (χ1) is 20.1. The predicted octanol–water partition coefficient (Wildman–Crippen LogP) is 5.66. The number of rotatable bonds is 13. The van der Waals surface area contributed by atoms with Crippen molar-refractivity contribution in [1.29, 1.82) is 0 Å². The molecule has 0 spiro atoms. The molecule has 42 heavy (non-hydrogen) atoms. The number of pyridine rings is 1. The molecule has 7 nitrogen and oxygen atoms in total. The van der Waals surface area contributed by atoms with E-state index in [0.29, 0.717) is 53.3 Å². The van der Waals surface area contributed by atoms with E-state index < -0.39 is 18.5 Å². The number of carbonyl (C=O) groups is 1. The zero-order valence-electron chi connectivity index (χ0n) is 23.2. The number of benzene rings is 2. The van der Waals surface area contributed by atoms with Crippen LogP contribution in [-0.4, -0.2) is 72.9 Å².